The number of imide groups is 1. The third-order valence-corrected chi connectivity index (χ3v) is 8.21. The van der Waals surface area contributed by atoms with Crippen LogP contribution in [0.15, 0.2) is 53.1 Å². The second-order valence-corrected chi connectivity index (χ2v) is 11.1. The Bertz CT molecular complexity index is 1270. The van der Waals surface area contributed by atoms with Gasteiger partial charge in [-0.05, 0) is 68.1 Å². The summed E-state index contributed by atoms with van der Waals surface area (Å²) in [4.78, 5) is 25.8. The zero-order chi connectivity index (χ0) is 26.5. The van der Waals surface area contributed by atoms with Gasteiger partial charge in [0.15, 0.2) is 11.0 Å². The lowest BCUT2D eigenvalue weighted by Gasteiger charge is -2.32. The summed E-state index contributed by atoms with van der Waals surface area (Å²) in [5.74, 6) is 0.442. The van der Waals surface area contributed by atoms with Gasteiger partial charge in [0.05, 0.1) is 11.6 Å². The second kappa shape index (κ2) is 12.1. The van der Waals surface area contributed by atoms with Gasteiger partial charge in [-0.1, -0.05) is 28.8 Å². The number of nitrogens with zero attached hydrogens (tertiary/aromatic N) is 3. The quantitative estimate of drug-likeness (QED) is 0.418. The van der Waals surface area contributed by atoms with Crippen LogP contribution in [0.4, 0.5) is 0 Å². The molecule has 194 valence electrons. The van der Waals surface area contributed by atoms with Crippen LogP contribution in [-0.4, -0.2) is 44.9 Å². The highest BCUT2D eigenvalue weighted by molar-refractivity contribution is 7.82. The average Bonchev–Trinajstić information content (AvgIpc) is 3.18. The fourth-order valence-electron chi connectivity index (χ4n) is 4.31. The van der Waals surface area contributed by atoms with E-state index in [-0.39, 0.29) is 48.4 Å². The van der Waals surface area contributed by atoms with E-state index >= 15 is 0 Å². The van der Waals surface area contributed by atoms with Crippen LogP contribution in [0.1, 0.15) is 37.7 Å². The molecule has 2 aliphatic rings. The SMILES string of the molecule is N#Cc1ccc(Oc2cc(Cl)cc(Cl)c2)c(S(=O)N(/C=C2\CCC2CCN)CCN2C(=O)CCC2=O)c1. The van der Waals surface area contributed by atoms with Crippen molar-refractivity contribution in [2.45, 2.75) is 37.0 Å². The minimum Gasteiger partial charge on any atom is -0.456 e. The summed E-state index contributed by atoms with van der Waals surface area (Å²) in [5, 5.41) is 10.2. The molecule has 2 amide bonds. The van der Waals surface area contributed by atoms with E-state index in [4.69, 9.17) is 33.7 Å². The highest BCUT2D eigenvalue weighted by Crippen LogP contribution is 2.37. The summed E-state index contributed by atoms with van der Waals surface area (Å²) >= 11 is 12.2. The minimum absolute atomic E-state index is 0.104. The van der Waals surface area contributed by atoms with Crippen LogP contribution in [0.25, 0.3) is 0 Å². The highest BCUT2D eigenvalue weighted by atomic mass is 35.5. The smallest absolute Gasteiger partial charge is 0.229 e. The normalized spacial score (nSPS) is 19.0. The summed E-state index contributed by atoms with van der Waals surface area (Å²) in [6.45, 7) is 0.807. The number of benzene rings is 2. The molecule has 2 atom stereocenters. The summed E-state index contributed by atoms with van der Waals surface area (Å²) in [7, 11) is -1.82. The van der Waals surface area contributed by atoms with Crippen LogP contribution in [0.5, 0.6) is 11.5 Å². The van der Waals surface area contributed by atoms with E-state index in [1.807, 2.05) is 6.20 Å². The Balaban J connectivity index is 1.67. The number of allylic oxidation sites excluding steroid dienone is 1. The van der Waals surface area contributed by atoms with Crippen molar-refractivity contribution in [3.63, 3.8) is 0 Å². The van der Waals surface area contributed by atoms with E-state index in [1.165, 1.54) is 11.0 Å². The van der Waals surface area contributed by atoms with Crippen molar-refractivity contribution >= 4 is 46.0 Å². The Morgan fingerprint density at radius 1 is 1.14 bits per heavy atom. The molecule has 0 bridgehead atoms. The molecule has 0 radical (unpaired) electrons. The molecule has 2 aromatic carbocycles. The van der Waals surface area contributed by atoms with Crippen molar-refractivity contribution in [3.05, 3.63) is 63.8 Å². The predicted molar refractivity (Wildman–Crippen MR) is 141 cm³/mol. The first-order chi connectivity index (χ1) is 17.8. The van der Waals surface area contributed by atoms with Gasteiger partial charge >= 0.3 is 0 Å². The molecule has 2 fully saturated rings. The molecule has 11 heteroatoms. The molecular weight excluding hydrogens is 535 g/mol. The van der Waals surface area contributed by atoms with Gasteiger partial charge in [-0.15, -0.1) is 0 Å². The number of ether oxygens (including phenoxy) is 1. The number of rotatable bonds is 10. The van der Waals surface area contributed by atoms with Crippen LogP contribution in [-0.2, 0) is 20.6 Å². The molecule has 37 heavy (non-hydrogen) atoms. The third-order valence-electron chi connectivity index (χ3n) is 6.37. The van der Waals surface area contributed by atoms with Crippen LogP contribution in [0.3, 0.4) is 0 Å². The largest absolute Gasteiger partial charge is 0.456 e. The highest BCUT2D eigenvalue weighted by Gasteiger charge is 2.31. The van der Waals surface area contributed by atoms with Gasteiger partial charge in [0.1, 0.15) is 16.4 Å². The number of halogens is 2. The fourth-order valence-corrected chi connectivity index (χ4v) is 6.05. The molecule has 1 saturated carbocycles. The van der Waals surface area contributed by atoms with Crippen LogP contribution < -0.4 is 10.5 Å². The molecule has 1 heterocycles. The van der Waals surface area contributed by atoms with Crippen molar-refractivity contribution in [2.24, 2.45) is 11.7 Å². The molecule has 1 aliphatic carbocycles. The number of likely N-dealkylation sites (tertiary alicyclic amines) is 1. The van der Waals surface area contributed by atoms with Gasteiger partial charge in [0, 0.05) is 42.2 Å². The van der Waals surface area contributed by atoms with Crippen molar-refractivity contribution in [2.75, 3.05) is 19.6 Å². The maximum absolute atomic E-state index is 14.0. The van der Waals surface area contributed by atoms with E-state index in [0.717, 1.165) is 24.8 Å². The molecule has 0 spiro atoms. The average molecular weight is 561 g/mol. The first-order valence-electron chi connectivity index (χ1n) is 11.9. The van der Waals surface area contributed by atoms with Gasteiger partial charge in [0.2, 0.25) is 11.8 Å². The zero-order valence-corrected chi connectivity index (χ0v) is 22.3. The summed E-state index contributed by atoms with van der Waals surface area (Å²) < 4.78 is 21.6. The van der Waals surface area contributed by atoms with E-state index < -0.39 is 11.0 Å². The number of carbonyl (C=O) groups excluding carboxylic acids is 2. The van der Waals surface area contributed by atoms with Crippen molar-refractivity contribution < 1.29 is 18.5 Å². The van der Waals surface area contributed by atoms with Gasteiger partial charge in [-0.25, -0.2) is 4.21 Å². The first kappa shape index (κ1) is 27.1. The van der Waals surface area contributed by atoms with E-state index in [9.17, 15) is 19.1 Å². The minimum atomic E-state index is -1.82. The Morgan fingerprint density at radius 2 is 1.84 bits per heavy atom. The Kier molecular flexibility index (Phi) is 8.87. The molecule has 8 nitrogen and oxygen atoms in total. The topological polar surface area (TPSA) is 117 Å². The molecule has 1 aliphatic heterocycles. The molecule has 2 unspecified atom stereocenters. The monoisotopic (exact) mass is 560 g/mol. The number of carbonyl (C=O) groups is 2. The molecule has 1 saturated heterocycles. The van der Waals surface area contributed by atoms with Gasteiger partial charge in [-0.3, -0.25) is 18.8 Å². The number of nitriles is 1. The molecule has 0 aromatic heterocycles. The summed E-state index contributed by atoms with van der Waals surface area (Å²) in [6.07, 6.45) is 4.88. The van der Waals surface area contributed by atoms with E-state index in [1.54, 1.807) is 34.6 Å². The van der Waals surface area contributed by atoms with Gasteiger partial charge in [0.25, 0.3) is 0 Å². The molecular formula is C26H26Cl2N4O4S. The van der Waals surface area contributed by atoms with Crippen molar-refractivity contribution in [1.29, 1.82) is 5.26 Å². The predicted octanol–water partition coefficient (Wildman–Crippen LogP) is 4.77. The number of hydrogen-bond donors (Lipinski definition) is 1. The standard InChI is InChI=1S/C26H26Cl2N4O4S/c27-20-12-21(28)14-22(13-20)36-23-4-1-17(15-30)11-24(23)37(35)31(16-19-3-2-18(19)7-8-29)9-10-32-25(33)5-6-26(32)34/h1,4,11-14,16,18H,2-3,5-10,29H2/b19-16+. The Morgan fingerprint density at radius 3 is 2.43 bits per heavy atom. The van der Waals surface area contributed by atoms with Crippen LogP contribution >= 0.6 is 23.2 Å². The first-order valence-corrected chi connectivity index (χ1v) is 13.8. The third kappa shape index (κ3) is 6.51. The van der Waals surface area contributed by atoms with E-state index in [0.29, 0.717) is 33.8 Å². The fraction of sp³-hybridized carbons (Fsp3) is 0.346. The van der Waals surface area contributed by atoms with Gasteiger partial charge < -0.3 is 10.5 Å². The summed E-state index contributed by atoms with van der Waals surface area (Å²) in [6, 6.07) is 11.4. The van der Waals surface area contributed by atoms with Crippen LogP contribution in [0, 0.1) is 17.2 Å². The maximum atomic E-state index is 14.0. The number of amides is 2. The van der Waals surface area contributed by atoms with Gasteiger partial charge in [-0.2, -0.15) is 5.26 Å². The maximum Gasteiger partial charge on any atom is 0.229 e. The van der Waals surface area contributed by atoms with Crippen LogP contribution in [0.2, 0.25) is 10.0 Å². The Hall–Kier alpha value is -2.90. The summed E-state index contributed by atoms with van der Waals surface area (Å²) in [5.41, 5.74) is 7.17. The lowest BCUT2D eigenvalue weighted by molar-refractivity contribution is -0.138. The molecule has 2 aromatic rings. The molecule has 2 N–H and O–H groups in total. The van der Waals surface area contributed by atoms with Crippen molar-refractivity contribution in [3.8, 4) is 17.6 Å². The number of nitrogens with two attached hydrogens (primary N) is 1. The van der Waals surface area contributed by atoms with E-state index in [2.05, 4.69) is 6.07 Å². The second-order valence-electron chi connectivity index (χ2n) is 8.83. The number of hydrogen-bond acceptors (Lipinski definition) is 6. The lowest BCUT2D eigenvalue weighted by Crippen LogP contribution is -2.37. The zero-order valence-electron chi connectivity index (χ0n) is 20.0. The lowest BCUT2D eigenvalue weighted by atomic mass is 9.78. The van der Waals surface area contributed by atoms with Crippen molar-refractivity contribution in [1.82, 2.24) is 9.21 Å². The Labute approximate surface area is 228 Å². The molecule has 4 rings (SSSR count).